The Morgan fingerprint density at radius 3 is 2.60 bits per heavy atom. The van der Waals surface area contributed by atoms with E-state index >= 15 is 0 Å². The number of benzene rings is 1. The highest BCUT2D eigenvalue weighted by molar-refractivity contribution is 5.80. The van der Waals surface area contributed by atoms with E-state index in [4.69, 9.17) is 9.47 Å². The van der Waals surface area contributed by atoms with Crippen LogP contribution in [0.1, 0.15) is 6.92 Å². The van der Waals surface area contributed by atoms with E-state index in [0.29, 0.717) is 32.1 Å². The van der Waals surface area contributed by atoms with Crippen LogP contribution in [0.3, 0.4) is 0 Å². The van der Waals surface area contributed by atoms with Crippen LogP contribution in [0.25, 0.3) is 0 Å². The summed E-state index contributed by atoms with van der Waals surface area (Å²) in [6.07, 6.45) is 0. The zero-order valence-corrected chi connectivity index (χ0v) is 15.2. The molecule has 0 amide bonds. The number of piperazine rings is 1. The molecule has 7 heteroatoms. The highest BCUT2D eigenvalue weighted by Gasteiger charge is 2.21. The van der Waals surface area contributed by atoms with Gasteiger partial charge < -0.3 is 24.6 Å². The van der Waals surface area contributed by atoms with Crippen molar-refractivity contribution >= 4 is 11.6 Å². The molecular formula is C18H29FN4O2. The van der Waals surface area contributed by atoms with Crippen LogP contribution in [0.2, 0.25) is 0 Å². The van der Waals surface area contributed by atoms with Crippen molar-refractivity contribution in [3.63, 3.8) is 0 Å². The zero-order valence-electron chi connectivity index (χ0n) is 15.2. The summed E-state index contributed by atoms with van der Waals surface area (Å²) in [5.74, 6) is 0.732. The second-order valence-corrected chi connectivity index (χ2v) is 5.77. The molecule has 1 fully saturated rings. The van der Waals surface area contributed by atoms with Gasteiger partial charge in [0, 0.05) is 39.8 Å². The monoisotopic (exact) mass is 352 g/mol. The van der Waals surface area contributed by atoms with E-state index < -0.39 is 0 Å². The summed E-state index contributed by atoms with van der Waals surface area (Å²) in [5.41, 5.74) is 0.677. The number of aliphatic imine (C=N–C) groups is 1. The summed E-state index contributed by atoms with van der Waals surface area (Å²) in [5, 5.41) is 3.32. The van der Waals surface area contributed by atoms with Gasteiger partial charge >= 0.3 is 0 Å². The van der Waals surface area contributed by atoms with Gasteiger partial charge in [-0.15, -0.1) is 0 Å². The zero-order chi connectivity index (χ0) is 17.9. The maximum atomic E-state index is 13.9. The predicted octanol–water partition coefficient (Wildman–Crippen LogP) is 1.58. The molecule has 0 atom stereocenters. The average Bonchev–Trinajstić information content (AvgIpc) is 2.64. The first-order valence-corrected chi connectivity index (χ1v) is 8.85. The van der Waals surface area contributed by atoms with Gasteiger partial charge in [0.05, 0.1) is 32.1 Å². The van der Waals surface area contributed by atoms with Crippen LogP contribution in [0.5, 0.6) is 0 Å². The number of anilines is 1. The Morgan fingerprint density at radius 1 is 1.16 bits per heavy atom. The molecule has 0 aromatic heterocycles. The third-order valence-corrected chi connectivity index (χ3v) is 4.04. The highest BCUT2D eigenvalue weighted by atomic mass is 19.1. The molecule has 1 aliphatic heterocycles. The quantitative estimate of drug-likeness (QED) is 0.437. The molecule has 1 aromatic carbocycles. The highest BCUT2D eigenvalue weighted by Crippen LogP contribution is 2.20. The molecule has 1 saturated heterocycles. The van der Waals surface area contributed by atoms with E-state index in [9.17, 15) is 4.39 Å². The molecule has 0 unspecified atom stereocenters. The molecule has 140 valence electrons. The second kappa shape index (κ2) is 10.9. The van der Waals surface area contributed by atoms with Crippen LogP contribution in [-0.2, 0) is 9.47 Å². The number of hydrogen-bond donors (Lipinski definition) is 1. The third-order valence-electron chi connectivity index (χ3n) is 4.04. The first-order valence-electron chi connectivity index (χ1n) is 8.85. The molecule has 0 saturated carbocycles. The fraction of sp³-hybridized carbons (Fsp3) is 0.611. The van der Waals surface area contributed by atoms with Crippen molar-refractivity contribution < 1.29 is 13.9 Å². The Labute approximate surface area is 149 Å². The summed E-state index contributed by atoms with van der Waals surface area (Å²) in [6.45, 7) is 8.41. The third kappa shape index (κ3) is 6.17. The minimum Gasteiger partial charge on any atom is -0.382 e. The molecule has 1 aliphatic rings. The van der Waals surface area contributed by atoms with E-state index in [-0.39, 0.29) is 5.82 Å². The van der Waals surface area contributed by atoms with Crippen LogP contribution in [0, 0.1) is 5.82 Å². The maximum absolute atomic E-state index is 13.9. The van der Waals surface area contributed by atoms with Gasteiger partial charge in [0.15, 0.2) is 5.96 Å². The van der Waals surface area contributed by atoms with Crippen molar-refractivity contribution in [3.05, 3.63) is 30.1 Å². The van der Waals surface area contributed by atoms with Gasteiger partial charge in [-0.25, -0.2) is 4.39 Å². The number of methoxy groups -OCH3 is 1. The number of nitrogens with one attached hydrogen (secondary N) is 1. The molecule has 1 heterocycles. The van der Waals surface area contributed by atoms with Crippen molar-refractivity contribution in [2.24, 2.45) is 4.99 Å². The molecule has 2 rings (SSSR count). The van der Waals surface area contributed by atoms with Crippen LogP contribution in [-0.4, -0.2) is 77.1 Å². The number of para-hydroxylation sites is 1. The Morgan fingerprint density at radius 2 is 1.92 bits per heavy atom. The first-order chi connectivity index (χ1) is 12.3. The summed E-state index contributed by atoms with van der Waals surface area (Å²) in [6, 6.07) is 6.94. The van der Waals surface area contributed by atoms with E-state index in [0.717, 1.165) is 38.7 Å². The lowest BCUT2D eigenvalue weighted by atomic mass is 10.2. The number of guanidine groups is 1. The van der Waals surface area contributed by atoms with E-state index in [1.54, 1.807) is 13.2 Å². The topological polar surface area (TPSA) is 49.3 Å². The van der Waals surface area contributed by atoms with Gasteiger partial charge in [-0.2, -0.15) is 0 Å². The molecule has 1 N–H and O–H groups in total. The van der Waals surface area contributed by atoms with Crippen molar-refractivity contribution in [1.82, 2.24) is 10.2 Å². The van der Waals surface area contributed by atoms with Crippen LogP contribution in [0.15, 0.2) is 29.3 Å². The minimum absolute atomic E-state index is 0.162. The summed E-state index contributed by atoms with van der Waals surface area (Å²) >= 11 is 0. The Bertz CT molecular complexity index is 534. The van der Waals surface area contributed by atoms with Gasteiger partial charge in [-0.05, 0) is 19.1 Å². The molecule has 0 radical (unpaired) electrons. The predicted molar refractivity (Wildman–Crippen MR) is 98.9 cm³/mol. The Balaban J connectivity index is 1.83. The fourth-order valence-electron chi connectivity index (χ4n) is 2.75. The van der Waals surface area contributed by atoms with E-state index in [1.807, 2.05) is 12.1 Å². The Hall–Kier alpha value is -1.86. The molecular weight excluding hydrogens is 323 g/mol. The first kappa shape index (κ1) is 19.5. The number of hydrogen-bond acceptors (Lipinski definition) is 4. The lowest BCUT2D eigenvalue weighted by Crippen LogP contribution is -2.52. The molecule has 25 heavy (non-hydrogen) atoms. The van der Waals surface area contributed by atoms with E-state index in [2.05, 4.69) is 27.0 Å². The molecule has 1 aromatic rings. The largest absolute Gasteiger partial charge is 0.382 e. The Kier molecular flexibility index (Phi) is 8.48. The van der Waals surface area contributed by atoms with Gasteiger partial charge in [0.2, 0.25) is 0 Å². The summed E-state index contributed by atoms with van der Waals surface area (Å²) < 4.78 is 24.3. The van der Waals surface area contributed by atoms with Crippen molar-refractivity contribution in [2.45, 2.75) is 6.92 Å². The summed E-state index contributed by atoms with van der Waals surface area (Å²) in [7, 11) is 1.66. The fourth-order valence-corrected chi connectivity index (χ4v) is 2.75. The standard InChI is InChI=1S/C18H29FN4O2/c1-3-20-18(21-8-13-25-15-14-24-2)23-11-9-22(10-12-23)17-7-5-4-6-16(17)19/h4-7H,3,8-15H2,1-2H3,(H,20,21). The second-order valence-electron chi connectivity index (χ2n) is 5.77. The van der Waals surface area contributed by atoms with Crippen molar-refractivity contribution in [3.8, 4) is 0 Å². The molecule has 0 bridgehead atoms. The van der Waals surface area contributed by atoms with Gasteiger partial charge in [0.1, 0.15) is 5.82 Å². The maximum Gasteiger partial charge on any atom is 0.194 e. The number of ether oxygens (including phenoxy) is 2. The van der Waals surface area contributed by atoms with Crippen molar-refractivity contribution in [1.29, 1.82) is 0 Å². The molecule has 0 aliphatic carbocycles. The lowest BCUT2D eigenvalue weighted by Gasteiger charge is -2.37. The summed E-state index contributed by atoms with van der Waals surface area (Å²) in [4.78, 5) is 8.93. The molecule has 6 nitrogen and oxygen atoms in total. The number of halogens is 1. The van der Waals surface area contributed by atoms with Gasteiger partial charge in [-0.3, -0.25) is 4.99 Å². The van der Waals surface area contributed by atoms with Crippen LogP contribution in [0.4, 0.5) is 10.1 Å². The normalized spacial score (nSPS) is 15.6. The molecule has 0 spiro atoms. The van der Waals surface area contributed by atoms with Crippen LogP contribution >= 0.6 is 0 Å². The minimum atomic E-state index is -0.162. The average molecular weight is 352 g/mol. The van der Waals surface area contributed by atoms with Gasteiger partial charge in [0.25, 0.3) is 0 Å². The lowest BCUT2D eigenvalue weighted by molar-refractivity contribution is 0.0747. The van der Waals surface area contributed by atoms with E-state index in [1.165, 1.54) is 6.07 Å². The van der Waals surface area contributed by atoms with Crippen molar-refractivity contribution in [2.75, 3.05) is 71.1 Å². The van der Waals surface area contributed by atoms with Crippen LogP contribution < -0.4 is 10.2 Å². The number of nitrogens with zero attached hydrogens (tertiary/aromatic N) is 3. The smallest absolute Gasteiger partial charge is 0.194 e. The van der Waals surface area contributed by atoms with Gasteiger partial charge in [-0.1, -0.05) is 12.1 Å². The number of rotatable bonds is 8. The SMILES string of the molecule is CCNC(=NCCOCCOC)N1CCN(c2ccccc2F)CC1.